The van der Waals surface area contributed by atoms with Gasteiger partial charge in [0.05, 0.1) is 11.1 Å². The van der Waals surface area contributed by atoms with Gasteiger partial charge in [-0.3, -0.25) is 34.3 Å². The van der Waals surface area contributed by atoms with E-state index in [1.165, 1.54) is 0 Å². The van der Waals surface area contributed by atoms with Crippen LogP contribution in [0.15, 0.2) is 18.2 Å². The summed E-state index contributed by atoms with van der Waals surface area (Å²) >= 11 is 0. The lowest BCUT2D eigenvalue weighted by Crippen LogP contribution is -2.54. The molecule has 0 bridgehead atoms. The molecule has 9 nitrogen and oxygen atoms in total. The van der Waals surface area contributed by atoms with Gasteiger partial charge in [0.1, 0.15) is 6.04 Å². The van der Waals surface area contributed by atoms with Crippen molar-refractivity contribution in [2.75, 3.05) is 26.2 Å². The molecule has 0 aliphatic carbocycles. The maximum Gasteiger partial charge on any atom is 0.262 e. The Bertz CT molecular complexity index is 979. The lowest BCUT2D eigenvalue weighted by Gasteiger charge is -2.41. The summed E-state index contributed by atoms with van der Waals surface area (Å²) in [6.45, 7) is 4.63. The van der Waals surface area contributed by atoms with E-state index in [1.807, 2.05) is 6.07 Å². The molecule has 4 aliphatic rings. The number of benzene rings is 1. The maximum atomic E-state index is 13.3. The van der Waals surface area contributed by atoms with E-state index in [-0.39, 0.29) is 18.7 Å². The van der Waals surface area contributed by atoms with Crippen LogP contribution in [0.4, 0.5) is 0 Å². The fourth-order valence-electron chi connectivity index (χ4n) is 5.68. The van der Waals surface area contributed by atoms with Crippen molar-refractivity contribution in [3.63, 3.8) is 0 Å². The first-order valence-corrected chi connectivity index (χ1v) is 12.0. The topological polar surface area (TPSA) is 116 Å². The zero-order valence-corrected chi connectivity index (χ0v) is 18.8. The van der Waals surface area contributed by atoms with Gasteiger partial charge in [-0.2, -0.15) is 0 Å². The normalized spacial score (nSPS) is 26.1. The van der Waals surface area contributed by atoms with Crippen LogP contribution in [-0.4, -0.2) is 82.6 Å². The number of rotatable bonds is 4. The summed E-state index contributed by atoms with van der Waals surface area (Å²) in [5.41, 5.74) is 7.62. The molecule has 1 aromatic carbocycles. The molecule has 1 atom stereocenters. The van der Waals surface area contributed by atoms with Gasteiger partial charge in [0.2, 0.25) is 11.8 Å². The summed E-state index contributed by atoms with van der Waals surface area (Å²) in [7, 11) is 0. The van der Waals surface area contributed by atoms with Crippen LogP contribution in [0.2, 0.25) is 0 Å². The van der Waals surface area contributed by atoms with Crippen LogP contribution in [0.1, 0.15) is 64.8 Å². The van der Waals surface area contributed by atoms with Crippen LogP contribution < -0.4 is 11.1 Å². The Balaban J connectivity index is 1.26. The monoisotopic (exact) mass is 453 g/mol. The summed E-state index contributed by atoms with van der Waals surface area (Å²) in [6, 6.07) is 5.34. The quantitative estimate of drug-likeness (QED) is 0.637. The van der Waals surface area contributed by atoms with Crippen molar-refractivity contribution < 1.29 is 19.2 Å². The Labute approximate surface area is 193 Å². The highest BCUT2D eigenvalue weighted by Crippen LogP contribution is 2.31. The van der Waals surface area contributed by atoms with Gasteiger partial charge in [-0.05, 0) is 69.9 Å². The molecular weight excluding hydrogens is 422 g/mol. The molecule has 4 amide bonds. The predicted octanol–water partition coefficient (Wildman–Crippen LogP) is 0.475. The highest BCUT2D eigenvalue weighted by molar-refractivity contribution is 6.24. The Morgan fingerprint density at radius 1 is 0.909 bits per heavy atom. The molecule has 0 spiro atoms. The third-order valence-electron chi connectivity index (χ3n) is 7.60. The maximum absolute atomic E-state index is 13.3. The van der Waals surface area contributed by atoms with E-state index in [9.17, 15) is 19.2 Å². The van der Waals surface area contributed by atoms with Crippen molar-refractivity contribution >= 4 is 23.6 Å². The lowest BCUT2D eigenvalue weighted by atomic mass is 9.97. The number of imide groups is 2. The van der Waals surface area contributed by atoms with Crippen molar-refractivity contribution in [1.82, 2.24) is 20.0 Å². The second-order valence-corrected chi connectivity index (χ2v) is 9.67. The SMILES string of the molecule is NC1CCN(C2CCN(Cc3cccc4c3C(=O)N(C3CCC(=O)NC3=O)C4=O)CC2)CC1. The van der Waals surface area contributed by atoms with Gasteiger partial charge < -0.3 is 10.6 Å². The molecule has 1 aromatic rings. The predicted molar refractivity (Wildman–Crippen MR) is 120 cm³/mol. The number of hydrogen-bond donors (Lipinski definition) is 2. The highest BCUT2D eigenvalue weighted by Gasteiger charge is 2.45. The van der Waals surface area contributed by atoms with Gasteiger partial charge >= 0.3 is 0 Å². The number of carbonyl (C=O) groups excluding carboxylic acids is 4. The van der Waals surface area contributed by atoms with Crippen molar-refractivity contribution in [1.29, 1.82) is 0 Å². The van der Waals surface area contributed by atoms with Crippen LogP contribution in [0.5, 0.6) is 0 Å². The number of nitrogens with one attached hydrogen (secondary N) is 1. The van der Waals surface area contributed by atoms with Gasteiger partial charge in [0.25, 0.3) is 11.8 Å². The first-order valence-electron chi connectivity index (χ1n) is 12.0. The second kappa shape index (κ2) is 8.96. The van der Waals surface area contributed by atoms with Crippen molar-refractivity contribution in [2.24, 2.45) is 5.73 Å². The Morgan fingerprint density at radius 3 is 2.33 bits per heavy atom. The third kappa shape index (κ3) is 4.20. The number of carbonyl (C=O) groups is 4. The lowest BCUT2D eigenvalue weighted by molar-refractivity contribution is -0.136. The number of fused-ring (bicyclic) bond motifs is 1. The van der Waals surface area contributed by atoms with E-state index in [0.29, 0.717) is 29.8 Å². The molecular formula is C24H31N5O4. The summed E-state index contributed by atoms with van der Waals surface area (Å²) < 4.78 is 0. The first kappa shape index (κ1) is 22.2. The molecule has 0 saturated carbocycles. The number of amides is 4. The van der Waals surface area contributed by atoms with E-state index in [1.54, 1.807) is 12.1 Å². The van der Waals surface area contributed by atoms with Crippen LogP contribution in [0.25, 0.3) is 0 Å². The molecule has 0 radical (unpaired) electrons. The molecule has 176 valence electrons. The second-order valence-electron chi connectivity index (χ2n) is 9.67. The van der Waals surface area contributed by atoms with Gasteiger partial charge in [0, 0.05) is 25.0 Å². The Kier molecular flexibility index (Phi) is 6.03. The fraction of sp³-hybridized carbons (Fsp3) is 0.583. The Hall–Kier alpha value is -2.62. The molecule has 1 unspecified atom stereocenters. The largest absolute Gasteiger partial charge is 0.328 e. The minimum Gasteiger partial charge on any atom is -0.328 e. The number of nitrogens with two attached hydrogens (primary N) is 1. The van der Waals surface area contributed by atoms with Gasteiger partial charge in [0.15, 0.2) is 0 Å². The van der Waals surface area contributed by atoms with Crippen LogP contribution in [0, 0.1) is 0 Å². The van der Waals surface area contributed by atoms with Crippen molar-refractivity contribution in [2.45, 2.75) is 63.2 Å². The first-order chi connectivity index (χ1) is 15.9. The number of nitrogens with zero attached hydrogens (tertiary/aromatic N) is 3. The molecule has 9 heteroatoms. The van der Waals surface area contributed by atoms with Crippen LogP contribution in [0.3, 0.4) is 0 Å². The van der Waals surface area contributed by atoms with Crippen LogP contribution >= 0.6 is 0 Å². The van der Waals surface area contributed by atoms with Gasteiger partial charge in [-0.15, -0.1) is 0 Å². The molecule has 3 N–H and O–H groups in total. The smallest absolute Gasteiger partial charge is 0.262 e. The molecule has 3 fully saturated rings. The fourth-order valence-corrected chi connectivity index (χ4v) is 5.68. The van der Waals surface area contributed by atoms with Crippen molar-refractivity contribution in [3.05, 3.63) is 34.9 Å². The van der Waals surface area contributed by atoms with Crippen LogP contribution in [-0.2, 0) is 16.1 Å². The molecule has 5 rings (SSSR count). The molecule has 3 saturated heterocycles. The summed E-state index contributed by atoms with van der Waals surface area (Å²) in [5, 5.41) is 2.24. The third-order valence-corrected chi connectivity index (χ3v) is 7.60. The zero-order chi connectivity index (χ0) is 23.1. The van der Waals surface area contributed by atoms with Gasteiger partial charge in [-0.1, -0.05) is 12.1 Å². The molecule has 4 heterocycles. The van der Waals surface area contributed by atoms with E-state index in [4.69, 9.17) is 5.73 Å². The number of hydrogen-bond acceptors (Lipinski definition) is 7. The highest BCUT2D eigenvalue weighted by atomic mass is 16.2. The van der Waals surface area contributed by atoms with E-state index >= 15 is 0 Å². The Morgan fingerprint density at radius 2 is 1.64 bits per heavy atom. The van der Waals surface area contributed by atoms with E-state index in [0.717, 1.165) is 62.3 Å². The number of piperidine rings is 3. The van der Waals surface area contributed by atoms with Gasteiger partial charge in [-0.25, -0.2) is 0 Å². The van der Waals surface area contributed by atoms with E-state index in [2.05, 4.69) is 15.1 Å². The summed E-state index contributed by atoms with van der Waals surface area (Å²) in [5.74, 6) is -1.83. The molecule has 4 aliphatic heterocycles. The average molecular weight is 454 g/mol. The van der Waals surface area contributed by atoms with E-state index < -0.39 is 23.8 Å². The summed E-state index contributed by atoms with van der Waals surface area (Å²) in [4.78, 5) is 56.1. The molecule has 33 heavy (non-hydrogen) atoms. The van der Waals surface area contributed by atoms with Crippen molar-refractivity contribution in [3.8, 4) is 0 Å². The molecule has 0 aromatic heterocycles. The number of likely N-dealkylation sites (tertiary alicyclic amines) is 2. The standard InChI is InChI=1S/C24H31N5O4/c25-16-6-12-28(13-7-16)17-8-10-27(11-9-17)14-15-2-1-3-18-21(15)24(33)29(23(18)32)19-4-5-20(30)26-22(19)31/h1-3,16-17,19H,4-14,25H2,(H,26,30,31). The zero-order valence-electron chi connectivity index (χ0n) is 18.8. The minimum absolute atomic E-state index is 0.120. The average Bonchev–Trinajstić information content (AvgIpc) is 3.06. The summed E-state index contributed by atoms with van der Waals surface area (Å²) in [6.07, 6.45) is 4.58. The minimum atomic E-state index is -0.934.